The largest absolute Gasteiger partial charge is 0.497 e. The van der Waals surface area contributed by atoms with Gasteiger partial charge in [0.2, 0.25) is 0 Å². The maximum Gasteiger partial charge on any atom is 0.166 e. The van der Waals surface area contributed by atoms with Crippen LogP contribution in [0.2, 0.25) is 0 Å². The third-order valence-corrected chi connectivity index (χ3v) is 3.11. The molecule has 0 fully saturated rings. The first-order chi connectivity index (χ1) is 10.0. The predicted molar refractivity (Wildman–Crippen MR) is 72.0 cm³/mol. The Bertz CT molecular complexity index is 651. The molecule has 0 aliphatic heterocycles. The number of Topliss-reactive ketones (excluding diaryl/α,β-unsaturated/α-hetero) is 1. The van der Waals surface area contributed by atoms with Crippen molar-refractivity contribution in [2.75, 3.05) is 7.11 Å². The Labute approximate surface area is 120 Å². The van der Waals surface area contributed by atoms with E-state index >= 15 is 0 Å². The molecular formula is C16H13F3O2. The minimum Gasteiger partial charge on any atom is -0.497 e. The van der Waals surface area contributed by atoms with Gasteiger partial charge in [-0.15, -0.1) is 0 Å². The lowest BCUT2D eigenvalue weighted by Gasteiger charge is -2.05. The number of hydrogen-bond acceptors (Lipinski definition) is 2. The molecule has 0 spiro atoms. The lowest BCUT2D eigenvalue weighted by atomic mass is 10.0. The summed E-state index contributed by atoms with van der Waals surface area (Å²) in [4.78, 5) is 11.9. The molecule has 0 aliphatic carbocycles. The summed E-state index contributed by atoms with van der Waals surface area (Å²) in [6, 6.07) is 8.05. The van der Waals surface area contributed by atoms with E-state index in [0.717, 1.165) is 5.56 Å². The monoisotopic (exact) mass is 294 g/mol. The molecule has 0 saturated heterocycles. The summed E-state index contributed by atoms with van der Waals surface area (Å²) < 4.78 is 44.3. The molecule has 0 aromatic heterocycles. The highest BCUT2D eigenvalue weighted by Gasteiger charge is 2.16. The summed E-state index contributed by atoms with van der Waals surface area (Å²) in [6.45, 7) is 0. The van der Waals surface area contributed by atoms with Crippen LogP contribution in [0.15, 0.2) is 36.4 Å². The van der Waals surface area contributed by atoms with E-state index in [1.54, 1.807) is 31.4 Å². The zero-order valence-corrected chi connectivity index (χ0v) is 11.3. The number of halogens is 3. The van der Waals surface area contributed by atoms with Crippen molar-refractivity contribution < 1.29 is 22.7 Å². The topological polar surface area (TPSA) is 26.3 Å². The highest BCUT2D eigenvalue weighted by Crippen LogP contribution is 2.17. The van der Waals surface area contributed by atoms with Crippen molar-refractivity contribution in [1.82, 2.24) is 0 Å². The van der Waals surface area contributed by atoms with Crippen LogP contribution in [0.5, 0.6) is 5.75 Å². The van der Waals surface area contributed by atoms with Crippen molar-refractivity contribution in [3.05, 3.63) is 65.0 Å². The van der Waals surface area contributed by atoms with Gasteiger partial charge in [-0.25, -0.2) is 13.2 Å². The van der Waals surface area contributed by atoms with Gasteiger partial charge in [0.15, 0.2) is 17.4 Å². The Hall–Kier alpha value is -2.30. The van der Waals surface area contributed by atoms with E-state index in [9.17, 15) is 18.0 Å². The summed E-state index contributed by atoms with van der Waals surface area (Å²) in [7, 11) is 1.55. The molecule has 2 aromatic rings. The number of benzene rings is 2. The molecule has 0 heterocycles. The predicted octanol–water partition coefficient (Wildman–Crippen LogP) is 3.93. The molecular weight excluding hydrogens is 281 g/mol. The van der Waals surface area contributed by atoms with E-state index in [0.29, 0.717) is 24.3 Å². The summed E-state index contributed by atoms with van der Waals surface area (Å²) in [5, 5.41) is 0. The van der Waals surface area contributed by atoms with Crippen LogP contribution in [0.4, 0.5) is 13.2 Å². The van der Waals surface area contributed by atoms with Crippen LogP contribution in [0.3, 0.4) is 0 Å². The summed E-state index contributed by atoms with van der Waals surface area (Å²) >= 11 is 0. The molecule has 110 valence electrons. The van der Waals surface area contributed by atoms with E-state index in [2.05, 4.69) is 0 Å². The van der Waals surface area contributed by atoms with E-state index in [1.165, 1.54) is 0 Å². The standard InChI is InChI=1S/C16H13F3O2/c1-21-11-5-2-10(3-6-11)4-7-16(20)12-8-14(18)15(19)9-13(12)17/h2-3,5-6,8-9H,4,7H2,1H3. The normalized spacial score (nSPS) is 10.5. The fourth-order valence-electron chi connectivity index (χ4n) is 1.92. The Morgan fingerprint density at radius 2 is 1.62 bits per heavy atom. The molecule has 21 heavy (non-hydrogen) atoms. The number of ether oxygens (including phenoxy) is 1. The molecule has 2 rings (SSSR count). The number of carbonyl (C=O) groups is 1. The molecule has 0 amide bonds. The van der Waals surface area contributed by atoms with Crippen LogP contribution in [0.1, 0.15) is 22.3 Å². The Kier molecular flexibility index (Phi) is 4.62. The van der Waals surface area contributed by atoms with Crippen LogP contribution in [-0.2, 0) is 6.42 Å². The Balaban J connectivity index is 2.06. The van der Waals surface area contributed by atoms with Crippen LogP contribution in [0.25, 0.3) is 0 Å². The molecule has 0 aliphatic rings. The summed E-state index contributed by atoms with van der Waals surface area (Å²) in [5.74, 6) is -3.46. The molecule has 0 N–H and O–H groups in total. The van der Waals surface area contributed by atoms with E-state index in [-0.39, 0.29) is 6.42 Å². The van der Waals surface area contributed by atoms with Crippen molar-refractivity contribution >= 4 is 5.78 Å². The first-order valence-electron chi connectivity index (χ1n) is 6.32. The van der Waals surface area contributed by atoms with Crippen LogP contribution in [-0.4, -0.2) is 12.9 Å². The first kappa shape index (κ1) is 15.1. The molecule has 0 radical (unpaired) electrons. The van der Waals surface area contributed by atoms with Gasteiger partial charge in [0.05, 0.1) is 12.7 Å². The quantitative estimate of drug-likeness (QED) is 0.617. The summed E-state index contributed by atoms with van der Waals surface area (Å²) in [6.07, 6.45) is 0.385. The van der Waals surface area contributed by atoms with Gasteiger partial charge in [-0.05, 0) is 30.2 Å². The van der Waals surface area contributed by atoms with Crippen molar-refractivity contribution in [2.45, 2.75) is 12.8 Å². The third-order valence-electron chi connectivity index (χ3n) is 3.11. The number of methoxy groups -OCH3 is 1. The van der Waals surface area contributed by atoms with Gasteiger partial charge < -0.3 is 4.74 Å². The minimum absolute atomic E-state index is 0.00826. The molecule has 2 nitrogen and oxygen atoms in total. The second-order valence-corrected chi connectivity index (χ2v) is 4.52. The van der Waals surface area contributed by atoms with Crippen molar-refractivity contribution in [2.24, 2.45) is 0 Å². The van der Waals surface area contributed by atoms with Gasteiger partial charge >= 0.3 is 0 Å². The minimum atomic E-state index is -1.31. The lowest BCUT2D eigenvalue weighted by Crippen LogP contribution is -2.06. The zero-order valence-electron chi connectivity index (χ0n) is 11.3. The molecule has 2 aromatic carbocycles. The maximum absolute atomic E-state index is 13.5. The van der Waals surface area contributed by atoms with E-state index in [1.807, 2.05) is 0 Å². The number of ketones is 1. The van der Waals surface area contributed by atoms with E-state index < -0.39 is 28.8 Å². The maximum atomic E-state index is 13.5. The van der Waals surface area contributed by atoms with Crippen molar-refractivity contribution in [3.63, 3.8) is 0 Å². The van der Waals surface area contributed by atoms with Crippen LogP contribution >= 0.6 is 0 Å². The van der Waals surface area contributed by atoms with Crippen LogP contribution < -0.4 is 4.74 Å². The third kappa shape index (κ3) is 3.62. The van der Waals surface area contributed by atoms with Gasteiger partial charge in [-0.1, -0.05) is 12.1 Å². The van der Waals surface area contributed by atoms with Crippen LogP contribution in [0, 0.1) is 17.5 Å². The number of aryl methyl sites for hydroxylation is 1. The lowest BCUT2D eigenvalue weighted by molar-refractivity contribution is 0.0978. The first-order valence-corrected chi connectivity index (χ1v) is 6.32. The van der Waals surface area contributed by atoms with Gasteiger partial charge in [-0.3, -0.25) is 4.79 Å². The second kappa shape index (κ2) is 6.43. The fourth-order valence-corrected chi connectivity index (χ4v) is 1.92. The average molecular weight is 294 g/mol. The van der Waals surface area contributed by atoms with Gasteiger partial charge in [0.1, 0.15) is 11.6 Å². The van der Waals surface area contributed by atoms with Crippen molar-refractivity contribution in [3.8, 4) is 5.75 Å². The van der Waals surface area contributed by atoms with Gasteiger partial charge in [0, 0.05) is 12.5 Å². The molecule has 0 atom stereocenters. The Morgan fingerprint density at radius 3 is 2.24 bits per heavy atom. The SMILES string of the molecule is COc1ccc(CCC(=O)c2cc(F)c(F)cc2F)cc1. The fraction of sp³-hybridized carbons (Fsp3) is 0.188. The zero-order chi connectivity index (χ0) is 15.4. The average Bonchev–Trinajstić information content (AvgIpc) is 2.49. The Morgan fingerprint density at radius 1 is 1.00 bits per heavy atom. The van der Waals surface area contributed by atoms with Gasteiger partial charge in [0.25, 0.3) is 0 Å². The van der Waals surface area contributed by atoms with Crippen molar-refractivity contribution in [1.29, 1.82) is 0 Å². The number of hydrogen-bond donors (Lipinski definition) is 0. The highest BCUT2D eigenvalue weighted by molar-refractivity contribution is 5.96. The molecule has 0 unspecified atom stereocenters. The smallest absolute Gasteiger partial charge is 0.166 e. The highest BCUT2D eigenvalue weighted by atomic mass is 19.2. The molecule has 5 heteroatoms. The second-order valence-electron chi connectivity index (χ2n) is 4.52. The molecule has 0 bridgehead atoms. The number of rotatable bonds is 5. The number of carbonyl (C=O) groups excluding carboxylic acids is 1. The van der Waals surface area contributed by atoms with E-state index in [4.69, 9.17) is 4.74 Å². The molecule has 0 saturated carbocycles. The van der Waals surface area contributed by atoms with Gasteiger partial charge in [-0.2, -0.15) is 0 Å². The summed E-state index contributed by atoms with van der Waals surface area (Å²) in [5.41, 5.74) is 0.439.